The Balaban J connectivity index is 2.09. The number of nitrogens with zero attached hydrogens (tertiary/aromatic N) is 4. The second kappa shape index (κ2) is 10.0. The molecule has 0 spiro atoms. The topological polar surface area (TPSA) is 120 Å². The number of rotatable bonds is 10. The van der Waals surface area contributed by atoms with E-state index in [1.165, 1.54) is 16.4 Å². The Morgan fingerprint density at radius 3 is 2.52 bits per heavy atom. The molecule has 33 heavy (non-hydrogen) atoms. The first-order chi connectivity index (χ1) is 15.7. The van der Waals surface area contributed by atoms with E-state index in [1.54, 1.807) is 39.4 Å². The van der Waals surface area contributed by atoms with Crippen LogP contribution in [0, 0.1) is 10.1 Å². The van der Waals surface area contributed by atoms with Crippen molar-refractivity contribution in [3.05, 3.63) is 76.4 Å². The maximum Gasteiger partial charge on any atom is 0.293 e. The second-order valence-electron chi connectivity index (χ2n) is 7.28. The fourth-order valence-electron chi connectivity index (χ4n) is 3.59. The summed E-state index contributed by atoms with van der Waals surface area (Å²) in [5, 5.41) is 15.1. The van der Waals surface area contributed by atoms with E-state index in [0.29, 0.717) is 11.6 Å². The maximum atomic E-state index is 12.9. The quantitative estimate of drug-likeness (QED) is 0.353. The molecule has 0 aliphatic heterocycles. The molecule has 0 fully saturated rings. The van der Waals surface area contributed by atoms with Gasteiger partial charge >= 0.3 is 0 Å². The standard InChI is InChI=1S/C22H27N5O5S/c1-5-26(6-2)33(30,31)18-10-11-19(20(15-18)27(28)29)24-21(22-23-12-13-25(22)3)16-8-7-9-17(14-16)32-4/h7-15,21,24H,5-6H2,1-4H3. The lowest BCUT2D eigenvalue weighted by Gasteiger charge is -2.22. The number of nitro groups is 1. The van der Waals surface area contributed by atoms with Crippen LogP contribution < -0.4 is 10.1 Å². The van der Waals surface area contributed by atoms with Crippen molar-refractivity contribution in [1.82, 2.24) is 13.9 Å². The van der Waals surface area contributed by atoms with Crippen molar-refractivity contribution in [3.8, 4) is 5.75 Å². The van der Waals surface area contributed by atoms with Gasteiger partial charge in [-0.1, -0.05) is 26.0 Å². The Bertz CT molecular complexity index is 1240. The summed E-state index contributed by atoms with van der Waals surface area (Å²) in [6.07, 6.45) is 3.41. The van der Waals surface area contributed by atoms with Crippen LogP contribution in [0.4, 0.5) is 11.4 Å². The molecule has 0 radical (unpaired) electrons. The average Bonchev–Trinajstić information content (AvgIpc) is 3.23. The lowest BCUT2D eigenvalue weighted by molar-refractivity contribution is -0.384. The molecule has 1 aromatic heterocycles. The Morgan fingerprint density at radius 1 is 1.21 bits per heavy atom. The van der Waals surface area contributed by atoms with Gasteiger partial charge in [-0.3, -0.25) is 10.1 Å². The van der Waals surface area contributed by atoms with Gasteiger partial charge in [0, 0.05) is 38.6 Å². The third-order valence-corrected chi connectivity index (χ3v) is 7.40. The van der Waals surface area contributed by atoms with Gasteiger partial charge in [0.25, 0.3) is 5.69 Å². The van der Waals surface area contributed by atoms with Crippen LogP contribution in [-0.2, 0) is 17.1 Å². The molecule has 1 unspecified atom stereocenters. The highest BCUT2D eigenvalue weighted by Crippen LogP contribution is 2.34. The summed E-state index contributed by atoms with van der Waals surface area (Å²) < 4.78 is 34.2. The third kappa shape index (κ3) is 4.99. The van der Waals surface area contributed by atoms with E-state index in [9.17, 15) is 18.5 Å². The highest BCUT2D eigenvalue weighted by molar-refractivity contribution is 7.89. The molecule has 2 aromatic carbocycles. The second-order valence-corrected chi connectivity index (χ2v) is 9.21. The molecular weight excluding hydrogens is 446 g/mol. The van der Waals surface area contributed by atoms with E-state index in [1.807, 2.05) is 29.8 Å². The minimum absolute atomic E-state index is 0.127. The van der Waals surface area contributed by atoms with E-state index < -0.39 is 21.0 Å². The number of aryl methyl sites for hydroxylation is 1. The Morgan fingerprint density at radius 2 is 1.94 bits per heavy atom. The summed E-state index contributed by atoms with van der Waals surface area (Å²) in [5.74, 6) is 1.25. The monoisotopic (exact) mass is 473 g/mol. The number of methoxy groups -OCH3 is 1. The SMILES string of the molecule is CCN(CC)S(=O)(=O)c1ccc(NC(c2cccc(OC)c2)c2nccn2C)c([N+](=O)[O-])c1. The lowest BCUT2D eigenvalue weighted by atomic mass is 10.0. The zero-order valence-electron chi connectivity index (χ0n) is 18.9. The predicted octanol–water partition coefficient (Wildman–Crippen LogP) is 3.57. The molecule has 3 aromatic rings. The van der Waals surface area contributed by atoms with Crippen LogP contribution >= 0.6 is 0 Å². The van der Waals surface area contributed by atoms with Crippen molar-refractivity contribution < 1.29 is 18.1 Å². The molecule has 1 atom stereocenters. The summed E-state index contributed by atoms with van der Waals surface area (Å²) >= 11 is 0. The number of anilines is 1. The van der Waals surface area contributed by atoms with Gasteiger partial charge in [0.2, 0.25) is 10.0 Å². The van der Waals surface area contributed by atoms with Crippen LogP contribution in [0.5, 0.6) is 5.75 Å². The molecule has 0 amide bonds. The van der Waals surface area contributed by atoms with Crippen LogP contribution in [-0.4, -0.2) is 47.4 Å². The van der Waals surface area contributed by atoms with Gasteiger partial charge in [-0.05, 0) is 29.8 Å². The van der Waals surface area contributed by atoms with Crippen molar-refractivity contribution in [2.45, 2.75) is 24.8 Å². The number of nitro benzene ring substituents is 1. The lowest BCUT2D eigenvalue weighted by Crippen LogP contribution is -2.30. The molecule has 0 saturated carbocycles. The van der Waals surface area contributed by atoms with Crippen molar-refractivity contribution in [3.63, 3.8) is 0 Å². The van der Waals surface area contributed by atoms with Gasteiger partial charge in [0.1, 0.15) is 23.3 Å². The number of benzene rings is 2. The van der Waals surface area contributed by atoms with Crippen molar-refractivity contribution in [2.75, 3.05) is 25.5 Å². The molecule has 0 bridgehead atoms. The first kappa shape index (κ1) is 24.2. The van der Waals surface area contributed by atoms with E-state index in [-0.39, 0.29) is 29.4 Å². The van der Waals surface area contributed by atoms with Crippen molar-refractivity contribution in [1.29, 1.82) is 0 Å². The van der Waals surface area contributed by atoms with E-state index in [0.717, 1.165) is 11.6 Å². The summed E-state index contributed by atoms with van der Waals surface area (Å²) in [6, 6.07) is 10.6. The summed E-state index contributed by atoms with van der Waals surface area (Å²) in [4.78, 5) is 15.6. The van der Waals surface area contributed by atoms with Crippen LogP contribution in [0.25, 0.3) is 0 Å². The summed E-state index contributed by atoms with van der Waals surface area (Å²) in [6.45, 7) is 3.97. The van der Waals surface area contributed by atoms with Gasteiger partial charge in [0.15, 0.2) is 0 Å². The molecule has 0 aliphatic carbocycles. The number of hydrogen-bond donors (Lipinski definition) is 1. The molecular formula is C22H27N5O5S. The van der Waals surface area contributed by atoms with Crippen LogP contribution in [0.3, 0.4) is 0 Å². The summed E-state index contributed by atoms with van der Waals surface area (Å²) in [7, 11) is -0.463. The fraction of sp³-hybridized carbons (Fsp3) is 0.318. The smallest absolute Gasteiger partial charge is 0.293 e. The summed E-state index contributed by atoms with van der Waals surface area (Å²) in [5.41, 5.74) is 0.609. The predicted molar refractivity (Wildman–Crippen MR) is 125 cm³/mol. The molecule has 176 valence electrons. The number of hydrogen-bond acceptors (Lipinski definition) is 7. The Hall–Kier alpha value is -3.44. The molecule has 11 heteroatoms. The minimum atomic E-state index is -3.85. The highest BCUT2D eigenvalue weighted by Gasteiger charge is 2.28. The zero-order valence-corrected chi connectivity index (χ0v) is 19.7. The number of imidazole rings is 1. The number of nitrogens with one attached hydrogen (secondary N) is 1. The van der Waals surface area contributed by atoms with Crippen LogP contribution in [0.2, 0.25) is 0 Å². The van der Waals surface area contributed by atoms with Gasteiger partial charge < -0.3 is 14.6 Å². The molecule has 0 saturated heterocycles. The maximum absolute atomic E-state index is 12.9. The first-order valence-electron chi connectivity index (χ1n) is 10.4. The molecule has 1 heterocycles. The van der Waals surface area contributed by atoms with E-state index in [2.05, 4.69) is 10.3 Å². The first-order valence-corrected chi connectivity index (χ1v) is 11.8. The van der Waals surface area contributed by atoms with Gasteiger partial charge in [-0.15, -0.1) is 0 Å². The van der Waals surface area contributed by atoms with Gasteiger partial charge in [-0.25, -0.2) is 13.4 Å². The number of ether oxygens (including phenoxy) is 1. The average molecular weight is 474 g/mol. The van der Waals surface area contributed by atoms with E-state index in [4.69, 9.17) is 4.74 Å². The Kier molecular flexibility index (Phi) is 7.34. The fourth-order valence-corrected chi connectivity index (χ4v) is 5.07. The molecule has 0 aliphatic rings. The highest BCUT2D eigenvalue weighted by atomic mass is 32.2. The number of sulfonamides is 1. The normalized spacial score (nSPS) is 12.5. The van der Waals surface area contributed by atoms with Gasteiger partial charge in [-0.2, -0.15) is 4.31 Å². The molecule has 3 rings (SSSR count). The largest absolute Gasteiger partial charge is 0.497 e. The van der Waals surface area contributed by atoms with Crippen molar-refractivity contribution in [2.24, 2.45) is 7.05 Å². The van der Waals surface area contributed by atoms with Crippen molar-refractivity contribution >= 4 is 21.4 Å². The van der Waals surface area contributed by atoms with E-state index >= 15 is 0 Å². The van der Waals surface area contributed by atoms with Gasteiger partial charge in [0.05, 0.1) is 16.9 Å². The Labute approximate surface area is 193 Å². The van der Waals surface area contributed by atoms with Crippen LogP contribution in [0.15, 0.2) is 59.8 Å². The zero-order chi connectivity index (χ0) is 24.2. The van der Waals surface area contributed by atoms with Crippen LogP contribution in [0.1, 0.15) is 31.3 Å². The molecule has 1 N–H and O–H groups in total. The number of aromatic nitrogens is 2. The molecule has 10 nitrogen and oxygen atoms in total. The third-order valence-electron chi connectivity index (χ3n) is 5.35. The minimum Gasteiger partial charge on any atom is -0.497 e.